The minimum atomic E-state index is -0.555. The highest BCUT2D eigenvalue weighted by Crippen LogP contribution is 2.30. The van der Waals surface area contributed by atoms with Crippen LogP contribution >= 0.6 is 0 Å². The van der Waals surface area contributed by atoms with Gasteiger partial charge in [0.15, 0.2) is 0 Å². The molecule has 1 saturated heterocycles. The molecular formula is C19H29N3O3. The van der Waals surface area contributed by atoms with E-state index in [1.54, 1.807) is 12.0 Å². The van der Waals surface area contributed by atoms with E-state index in [1.807, 2.05) is 38.1 Å². The third kappa shape index (κ3) is 5.11. The van der Waals surface area contributed by atoms with Gasteiger partial charge in [0, 0.05) is 26.2 Å². The molecule has 1 fully saturated rings. The molecule has 1 heterocycles. The molecule has 0 bridgehead atoms. The lowest BCUT2D eigenvalue weighted by atomic mass is 9.81. The molecular weight excluding hydrogens is 318 g/mol. The van der Waals surface area contributed by atoms with Gasteiger partial charge in [-0.15, -0.1) is 0 Å². The molecule has 0 radical (unpaired) electrons. The number of carbonyl (C=O) groups is 2. The Morgan fingerprint density at radius 3 is 2.84 bits per heavy atom. The number of likely N-dealkylation sites (tertiary alicyclic amines) is 1. The smallest absolute Gasteiger partial charge is 0.317 e. The van der Waals surface area contributed by atoms with Crippen LogP contribution in [0.1, 0.15) is 38.7 Å². The molecule has 25 heavy (non-hydrogen) atoms. The van der Waals surface area contributed by atoms with Crippen molar-refractivity contribution in [3.63, 3.8) is 0 Å². The first-order valence-electron chi connectivity index (χ1n) is 8.92. The fourth-order valence-electron chi connectivity index (χ4n) is 3.12. The Balaban J connectivity index is 1.93. The van der Waals surface area contributed by atoms with Crippen molar-refractivity contribution in [2.75, 3.05) is 26.7 Å². The second-order valence-electron chi connectivity index (χ2n) is 6.85. The summed E-state index contributed by atoms with van der Waals surface area (Å²) in [6.45, 7) is 6.22. The number of nitrogens with one attached hydrogen (secondary N) is 2. The summed E-state index contributed by atoms with van der Waals surface area (Å²) in [5, 5.41) is 5.90. The molecule has 6 heteroatoms. The van der Waals surface area contributed by atoms with Gasteiger partial charge < -0.3 is 20.3 Å². The summed E-state index contributed by atoms with van der Waals surface area (Å²) in [4.78, 5) is 26.7. The quantitative estimate of drug-likeness (QED) is 0.831. The van der Waals surface area contributed by atoms with E-state index in [0.717, 1.165) is 30.6 Å². The van der Waals surface area contributed by atoms with Gasteiger partial charge in [-0.3, -0.25) is 4.79 Å². The van der Waals surface area contributed by atoms with E-state index in [4.69, 9.17) is 4.74 Å². The molecule has 1 aromatic rings. The third-order valence-corrected chi connectivity index (χ3v) is 4.65. The summed E-state index contributed by atoms with van der Waals surface area (Å²) < 4.78 is 5.21. The first-order chi connectivity index (χ1) is 12.0. The van der Waals surface area contributed by atoms with Gasteiger partial charge in [0.05, 0.1) is 12.5 Å². The van der Waals surface area contributed by atoms with Gasteiger partial charge in [0.2, 0.25) is 5.91 Å². The molecule has 1 aromatic carbocycles. The van der Waals surface area contributed by atoms with E-state index in [0.29, 0.717) is 26.2 Å². The highest BCUT2D eigenvalue weighted by Gasteiger charge is 2.39. The molecule has 0 saturated carbocycles. The zero-order valence-corrected chi connectivity index (χ0v) is 15.4. The Bertz CT molecular complexity index is 605. The second-order valence-corrected chi connectivity index (χ2v) is 6.85. The van der Waals surface area contributed by atoms with Crippen molar-refractivity contribution in [1.29, 1.82) is 0 Å². The number of piperidine rings is 1. The number of amides is 3. The van der Waals surface area contributed by atoms with Crippen LogP contribution < -0.4 is 15.4 Å². The van der Waals surface area contributed by atoms with Gasteiger partial charge in [-0.1, -0.05) is 19.1 Å². The number of carbonyl (C=O) groups excluding carboxylic acids is 2. The van der Waals surface area contributed by atoms with Crippen molar-refractivity contribution in [3.8, 4) is 5.75 Å². The summed E-state index contributed by atoms with van der Waals surface area (Å²) in [7, 11) is 1.62. The Labute approximate surface area is 149 Å². The van der Waals surface area contributed by atoms with Crippen LogP contribution in [-0.4, -0.2) is 43.6 Å². The van der Waals surface area contributed by atoms with Crippen molar-refractivity contribution >= 4 is 11.9 Å². The summed E-state index contributed by atoms with van der Waals surface area (Å²) >= 11 is 0. The molecule has 1 atom stereocenters. The Morgan fingerprint density at radius 2 is 2.12 bits per heavy atom. The molecule has 2 N–H and O–H groups in total. The third-order valence-electron chi connectivity index (χ3n) is 4.65. The topological polar surface area (TPSA) is 70.7 Å². The van der Waals surface area contributed by atoms with Gasteiger partial charge in [0.1, 0.15) is 5.75 Å². The van der Waals surface area contributed by atoms with Gasteiger partial charge in [0.25, 0.3) is 0 Å². The first-order valence-corrected chi connectivity index (χ1v) is 8.92. The number of rotatable bonds is 6. The maximum Gasteiger partial charge on any atom is 0.317 e. The lowest BCUT2D eigenvalue weighted by Crippen LogP contribution is -2.54. The number of ether oxygens (including phenoxy) is 1. The molecule has 138 valence electrons. The standard InChI is InChI=1S/C19H29N3O3/c1-4-10-20-18(24)22-11-6-9-19(2,14-22)17(23)21-13-15-7-5-8-16(12-15)25-3/h5,7-8,12H,4,6,9-11,13-14H2,1-3H3,(H,20,24)(H,21,23)/t19-/m0/s1. The van der Waals surface area contributed by atoms with Crippen molar-refractivity contribution in [3.05, 3.63) is 29.8 Å². The van der Waals surface area contributed by atoms with Gasteiger partial charge >= 0.3 is 6.03 Å². The van der Waals surface area contributed by atoms with E-state index in [2.05, 4.69) is 10.6 Å². The van der Waals surface area contributed by atoms with Crippen molar-refractivity contribution in [2.24, 2.45) is 5.41 Å². The van der Waals surface area contributed by atoms with Crippen molar-refractivity contribution < 1.29 is 14.3 Å². The highest BCUT2D eigenvalue weighted by molar-refractivity contribution is 5.84. The van der Waals surface area contributed by atoms with Crippen LogP contribution in [0.5, 0.6) is 5.75 Å². The molecule has 0 unspecified atom stereocenters. The summed E-state index contributed by atoms with van der Waals surface area (Å²) in [5.74, 6) is 0.762. The molecule has 0 aliphatic carbocycles. The summed E-state index contributed by atoms with van der Waals surface area (Å²) in [6.07, 6.45) is 2.52. The molecule has 6 nitrogen and oxygen atoms in total. The molecule has 3 amide bonds. The van der Waals surface area contributed by atoms with Crippen LogP contribution in [0, 0.1) is 5.41 Å². The molecule has 2 rings (SSSR count). The highest BCUT2D eigenvalue weighted by atomic mass is 16.5. The summed E-state index contributed by atoms with van der Waals surface area (Å²) in [6, 6.07) is 7.57. The fraction of sp³-hybridized carbons (Fsp3) is 0.579. The lowest BCUT2D eigenvalue weighted by Gasteiger charge is -2.39. The number of benzene rings is 1. The average Bonchev–Trinajstić information content (AvgIpc) is 2.64. The molecule has 0 spiro atoms. The Morgan fingerprint density at radius 1 is 1.32 bits per heavy atom. The van der Waals surface area contributed by atoms with Crippen molar-refractivity contribution in [2.45, 2.75) is 39.7 Å². The normalized spacial score (nSPS) is 20.0. The molecule has 0 aromatic heterocycles. The number of hydrogen-bond donors (Lipinski definition) is 2. The van der Waals surface area contributed by atoms with Crippen LogP contribution in [-0.2, 0) is 11.3 Å². The number of urea groups is 1. The number of hydrogen-bond acceptors (Lipinski definition) is 3. The zero-order chi connectivity index (χ0) is 18.3. The molecule has 1 aliphatic heterocycles. The van der Waals surface area contributed by atoms with Crippen LogP contribution in [0.4, 0.5) is 4.79 Å². The minimum absolute atomic E-state index is 0.0108. The first kappa shape index (κ1) is 19.1. The Kier molecular flexibility index (Phi) is 6.67. The van der Waals surface area contributed by atoms with E-state index >= 15 is 0 Å². The van der Waals surface area contributed by atoms with Gasteiger partial charge in [-0.2, -0.15) is 0 Å². The van der Waals surface area contributed by atoms with Crippen LogP contribution in [0.3, 0.4) is 0 Å². The average molecular weight is 347 g/mol. The largest absolute Gasteiger partial charge is 0.497 e. The SMILES string of the molecule is CCCNC(=O)N1CCC[C@](C)(C(=O)NCc2cccc(OC)c2)C1. The Hall–Kier alpha value is -2.24. The van der Waals surface area contributed by atoms with Gasteiger partial charge in [-0.05, 0) is 43.9 Å². The van der Waals surface area contributed by atoms with Crippen LogP contribution in [0.15, 0.2) is 24.3 Å². The van der Waals surface area contributed by atoms with Crippen LogP contribution in [0.2, 0.25) is 0 Å². The fourth-order valence-corrected chi connectivity index (χ4v) is 3.12. The minimum Gasteiger partial charge on any atom is -0.497 e. The predicted octanol–water partition coefficient (Wildman–Crippen LogP) is 2.53. The summed E-state index contributed by atoms with van der Waals surface area (Å²) in [5.41, 5.74) is 0.436. The van der Waals surface area contributed by atoms with Crippen LogP contribution in [0.25, 0.3) is 0 Å². The maximum absolute atomic E-state index is 12.7. The van der Waals surface area contributed by atoms with E-state index in [-0.39, 0.29) is 11.9 Å². The lowest BCUT2D eigenvalue weighted by molar-refractivity contribution is -0.132. The molecule has 1 aliphatic rings. The van der Waals surface area contributed by atoms with E-state index in [9.17, 15) is 9.59 Å². The maximum atomic E-state index is 12.7. The van der Waals surface area contributed by atoms with E-state index < -0.39 is 5.41 Å². The van der Waals surface area contributed by atoms with Gasteiger partial charge in [-0.25, -0.2) is 4.79 Å². The van der Waals surface area contributed by atoms with Crippen molar-refractivity contribution in [1.82, 2.24) is 15.5 Å². The zero-order valence-electron chi connectivity index (χ0n) is 15.4. The predicted molar refractivity (Wildman–Crippen MR) is 97.4 cm³/mol. The number of methoxy groups -OCH3 is 1. The second kappa shape index (κ2) is 8.74. The number of nitrogens with zero attached hydrogens (tertiary/aromatic N) is 1. The monoisotopic (exact) mass is 347 g/mol. The van der Waals surface area contributed by atoms with E-state index in [1.165, 1.54) is 0 Å².